The number of benzene rings is 1. The van der Waals surface area contributed by atoms with E-state index in [-0.39, 0.29) is 6.09 Å². The first-order chi connectivity index (χ1) is 9.34. The SMILES string of the molecule is O=C(OCc1c[nH]c2ccccc12)N1CCNCC1. The molecule has 5 heteroatoms. The lowest BCUT2D eigenvalue weighted by Gasteiger charge is -2.26. The minimum absolute atomic E-state index is 0.230. The third-order valence-corrected chi connectivity index (χ3v) is 3.40. The third-order valence-electron chi connectivity index (χ3n) is 3.40. The molecule has 0 radical (unpaired) electrons. The topological polar surface area (TPSA) is 57.4 Å². The summed E-state index contributed by atoms with van der Waals surface area (Å²) >= 11 is 0. The van der Waals surface area contributed by atoms with Gasteiger partial charge in [-0.15, -0.1) is 0 Å². The van der Waals surface area contributed by atoms with Gasteiger partial charge < -0.3 is 19.9 Å². The molecule has 1 aliphatic heterocycles. The number of rotatable bonds is 2. The van der Waals surface area contributed by atoms with Crippen LogP contribution in [0.1, 0.15) is 5.56 Å². The molecule has 2 N–H and O–H groups in total. The Morgan fingerprint density at radius 3 is 2.89 bits per heavy atom. The number of aromatic amines is 1. The zero-order chi connectivity index (χ0) is 13.1. The predicted octanol–water partition coefficient (Wildman–Crippen LogP) is 1.71. The summed E-state index contributed by atoms with van der Waals surface area (Å²) in [6.07, 6.45) is 1.67. The number of nitrogens with zero attached hydrogens (tertiary/aromatic N) is 1. The molecule has 2 aromatic rings. The van der Waals surface area contributed by atoms with Gasteiger partial charge in [-0.3, -0.25) is 0 Å². The first-order valence-electron chi connectivity index (χ1n) is 6.52. The van der Waals surface area contributed by atoms with Gasteiger partial charge in [-0.25, -0.2) is 4.79 Å². The summed E-state index contributed by atoms with van der Waals surface area (Å²) in [6.45, 7) is 3.41. The van der Waals surface area contributed by atoms with Gasteiger partial charge in [-0.2, -0.15) is 0 Å². The Kier molecular flexibility index (Phi) is 3.37. The summed E-state index contributed by atoms with van der Waals surface area (Å²) in [6, 6.07) is 8.00. The maximum atomic E-state index is 11.9. The third kappa shape index (κ3) is 2.56. The molecule has 0 unspecified atom stereocenters. The van der Waals surface area contributed by atoms with Gasteiger partial charge in [0.2, 0.25) is 0 Å². The van der Waals surface area contributed by atoms with E-state index in [1.54, 1.807) is 4.90 Å². The highest BCUT2D eigenvalue weighted by Gasteiger charge is 2.17. The molecule has 0 aliphatic carbocycles. The molecule has 0 spiro atoms. The summed E-state index contributed by atoms with van der Waals surface area (Å²) in [5.74, 6) is 0. The molecule has 1 fully saturated rings. The van der Waals surface area contributed by atoms with Crippen LogP contribution in [0.2, 0.25) is 0 Å². The van der Waals surface area contributed by atoms with Crippen LogP contribution in [-0.2, 0) is 11.3 Å². The number of hydrogen-bond donors (Lipinski definition) is 2. The number of carbonyl (C=O) groups excluding carboxylic acids is 1. The van der Waals surface area contributed by atoms with Gasteiger partial charge in [-0.1, -0.05) is 18.2 Å². The molecule has 5 nitrogen and oxygen atoms in total. The Balaban J connectivity index is 1.64. The van der Waals surface area contributed by atoms with Gasteiger partial charge in [0, 0.05) is 48.8 Å². The van der Waals surface area contributed by atoms with Gasteiger partial charge in [0.25, 0.3) is 0 Å². The van der Waals surface area contributed by atoms with Crippen molar-refractivity contribution in [3.05, 3.63) is 36.0 Å². The van der Waals surface area contributed by atoms with E-state index in [9.17, 15) is 4.79 Å². The van der Waals surface area contributed by atoms with Gasteiger partial charge in [0.05, 0.1) is 0 Å². The molecular weight excluding hydrogens is 242 g/mol. The van der Waals surface area contributed by atoms with E-state index in [0.29, 0.717) is 19.7 Å². The fraction of sp³-hybridized carbons (Fsp3) is 0.357. The van der Waals surface area contributed by atoms with Crippen molar-refractivity contribution < 1.29 is 9.53 Å². The summed E-state index contributed by atoms with van der Waals surface area (Å²) in [5.41, 5.74) is 2.08. The Hall–Kier alpha value is -2.01. The predicted molar refractivity (Wildman–Crippen MR) is 72.9 cm³/mol. The highest BCUT2D eigenvalue weighted by Crippen LogP contribution is 2.18. The van der Waals surface area contributed by atoms with E-state index >= 15 is 0 Å². The molecule has 19 heavy (non-hydrogen) atoms. The fourth-order valence-corrected chi connectivity index (χ4v) is 2.33. The zero-order valence-electron chi connectivity index (χ0n) is 10.7. The summed E-state index contributed by atoms with van der Waals surface area (Å²) < 4.78 is 5.37. The molecule has 1 aliphatic rings. The van der Waals surface area contributed by atoms with E-state index in [1.807, 2.05) is 30.5 Å². The average molecular weight is 259 g/mol. The van der Waals surface area contributed by atoms with Crippen molar-refractivity contribution in [2.75, 3.05) is 26.2 Å². The van der Waals surface area contributed by atoms with E-state index in [2.05, 4.69) is 10.3 Å². The average Bonchev–Trinajstić information content (AvgIpc) is 2.89. The van der Waals surface area contributed by atoms with Crippen molar-refractivity contribution in [1.29, 1.82) is 0 Å². The van der Waals surface area contributed by atoms with E-state index in [1.165, 1.54) is 0 Å². The fourth-order valence-electron chi connectivity index (χ4n) is 2.33. The Labute approximate surface area is 111 Å². The summed E-state index contributed by atoms with van der Waals surface area (Å²) in [7, 11) is 0. The number of H-pyrrole nitrogens is 1. The van der Waals surface area contributed by atoms with Crippen LogP contribution < -0.4 is 5.32 Å². The molecule has 2 heterocycles. The number of aromatic nitrogens is 1. The lowest BCUT2D eigenvalue weighted by molar-refractivity contribution is 0.0922. The minimum Gasteiger partial charge on any atom is -0.444 e. The van der Waals surface area contributed by atoms with E-state index in [4.69, 9.17) is 4.74 Å². The number of amides is 1. The van der Waals surface area contributed by atoms with Crippen LogP contribution in [0.4, 0.5) is 4.79 Å². The van der Waals surface area contributed by atoms with Crippen molar-refractivity contribution >= 4 is 17.0 Å². The van der Waals surface area contributed by atoms with Crippen molar-refractivity contribution in [3.63, 3.8) is 0 Å². The first kappa shape index (κ1) is 12.0. The molecule has 100 valence electrons. The zero-order valence-corrected chi connectivity index (χ0v) is 10.7. The standard InChI is InChI=1S/C14H17N3O2/c18-14(17-7-5-15-6-8-17)19-10-11-9-16-13-4-2-1-3-12(11)13/h1-4,9,15-16H,5-8,10H2. The van der Waals surface area contributed by atoms with Crippen molar-refractivity contribution in [1.82, 2.24) is 15.2 Å². The summed E-state index contributed by atoms with van der Waals surface area (Å²) in [4.78, 5) is 16.8. The molecule has 0 saturated carbocycles. The smallest absolute Gasteiger partial charge is 0.410 e. The van der Waals surface area contributed by atoms with Crippen LogP contribution >= 0.6 is 0 Å². The van der Waals surface area contributed by atoms with Gasteiger partial charge in [0.1, 0.15) is 6.61 Å². The number of carbonyl (C=O) groups is 1. The highest BCUT2D eigenvalue weighted by atomic mass is 16.6. The van der Waals surface area contributed by atoms with Crippen LogP contribution in [0.5, 0.6) is 0 Å². The van der Waals surface area contributed by atoms with Crippen LogP contribution in [0.25, 0.3) is 10.9 Å². The molecule has 1 saturated heterocycles. The number of nitrogens with one attached hydrogen (secondary N) is 2. The van der Waals surface area contributed by atoms with Crippen LogP contribution in [0, 0.1) is 0 Å². The highest BCUT2D eigenvalue weighted by molar-refractivity contribution is 5.83. The maximum Gasteiger partial charge on any atom is 0.410 e. The lowest BCUT2D eigenvalue weighted by Crippen LogP contribution is -2.46. The molecule has 0 atom stereocenters. The molecule has 0 bridgehead atoms. The second kappa shape index (κ2) is 5.32. The van der Waals surface area contributed by atoms with Gasteiger partial charge in [0.15, 0.2) is 0 Å². The van der Waals surface area contributed by atoms with Gasteiger partial charge >= 0.3 is 6.09 Å². The van der Waals surface area contributed by atoms with Crippen molar-refractivity contribution in [3.8, 4) is 0 Å². The lowest BCUT2D eigenvalue weighted by atomic mass is 10.2. The molecule has 1 aromatic carbocycles. The summed E-state index contributed by atoms with van der Waals surface area (Å²) in [5, 5.41) is 4.32. The monoisotopic (exact) mass is 259 g/mol. The number of ether oxygens (including phenoxy) is 1. The Morgan fingerprint density at radius 1 is 1.26 bits per heavy atom. The quantitative estimate of drug-likeness (QED) is 0.863. The van der Waals surface area contributed by atoms with Crippen LogP contribution in [-0.4, -0.2) is 42.2 Å². The minimum atomic E-state index is -0.230. The number of fused-ring (bicyclic) bond motifs is 1. The maximum absolute atomic E-state index is 11.9. The van der Waals surface area contributed by atoms with E-state index < -0.39 is 0 Å². The molecule has 3 rings (SSSR count). The van der Waals surface area contributed by atoms with Gasteiger partial charge in [-0.05, 0) is 6.07 Å². The van der Waals surface area contributed by atoms with Crippen molar-refractivity contribution in [2.45, 2.75) is 6.61 Å². The first-order valence-corrected chi connectivity index (χ1v) is 6.52. The Bertz CT molecular complexity index is 573. The van der Waals surface area contributed by atoms with E-state index in [0.717, 1.165) is 29.6 Å². The molecule has 1 aromatic heterocycles. The molecule has 1 amide bonds. The second-order valence-electron chi connectivity index (χ2n) is 4.65. The second-order valence-corrected chi connectivity index (χ2v) is 4.65. The van der Waals surface area contributed by atoms with Crippen LogP contribution in [0.3, 0.4) is 0 Å². The Morgan fingerprint density at radius 2 is 2.05 bits per heavy atom. The molecular formula is C14H17N3O2. The van der Waals surface area contributed by atoms with Crippen molar-refractivity contribution in [2.24, 2.45) is 0 Å². The number of para-hydroxylation sites is 1. The van der Waals surface area contributed by atoms with Crippen LogP contribution in [0.15, 0.2) is 30.5 Å². The number of piperazine rings is 1. The normalized spacial score (nSPS) is 15.7. The largest absolute Gasteiger partial charge is 0.444 e. The number of hydrogen-bond acceptors (Lipinski definition) is 3.